The number of carbonyl (C=O) groups is 1. The molecule has 0 aliphatic heterocycles. The third kappa shape index (κ3) is 4.92. The van der Waals surface area contributed by atoms with E-state index in [1.807, 2.05) is 25.1 Å². The van der Waals surface area contributed by atoms with Crippen LogP contribution >= 0.6 is 0 Å². The lowest BCUT2D eigenvalue weighted by Gasteiger charge is -2.11. The normalized spacial score (nSPS) is 10.3. The molecule has 0 radical (unpaired) electrons. The number of aromatic nitrogens is 2. The van der Waals surface area contributed by atoms with Gasteiger partial charge in [-0.3, -0.25) is 4.79 Å². The summed E-state index contributed by atoms with van der Waals surface area (Å²) in [5, 5.41) is 13.9. The SMILES string of the molecule is COCCCNC(=O)c1ccc(Nc2cc(C)ccc2OC)nn1. The number of anilines is 2. The van der Waals surface area contributed by atoms with Gasteiger partial charge in [0.15, 0.2) is 11.5 Å². The Kier molecular flexibility index (Phi) is 6.51. The smallest absolute Gasteiger partial charge is 0.271 e. The third-order valence-electron chi connectivity index (χ3n) is 3.33. The highest BCUT2D eigenvalue weighted by Crippen LogP contribution is 2.27. The quantitative estimate of drug-likeness (QED) is 0.723. The summed E-state index contributed by atoms with van der Waals surface area (Å²) in [6.07, 6.45) is 0.752. The van der Waals surface area contributed by atoms with Crippen LogP contribution in [0.1, 0.15) is 22.5 Å². The number of benzene rings is 1. The van der Waals surface area contributed by atoms with Gasteiger partial charge in [0, 0.05) is 20.3 Å². The molecule has 2 N–H and O–H groups in total. The van der Waals surface area contributed by atoms with Gasteiger partial charge in [0.2, 0.25) is 0 Å². The van der Waals surface area contributed by atoms with Crippen molar-refractivity contribution in [3.63, 3.8) is 0 Å². The Balaban J connectivity index is 1.99. The minimum Gasteiger partial charge on any atom is -0.495 e. The predicted octanol–water partition coefficient (Wildman–Crippen LogP) is 2.30. The molecule has 2 aromatic rings. The maximum Gasteiger partial charge on any atom is 0.271 e. The highest BCUT2D eigenvalue weighted by Gasteiger charge is 2.09. The maximum absolute atomic E-state index is 11.9. The van der Waals surface area contributed by atoms with Crippen molar-refractivity contribution < 1.29 is 14.3 Å². The van der Waals surface area contributed by atoms with Crippen LogP contribution in [0, 0.1) is 6.92 Å². The summed E-state index contributed by atoms with van der Waals surface area (Å²) in [7, 11) is 3.24. The Morgan fingerprint density at radius 2 is 2.00 bits per heavy atom. The molecule has 0 fully saturated rings. The van der Waals surface area contributed by atoms with Crippen LogP contribution in [0.4, 0.5) is 11.5 Å². The van der Waals surface area contributed by atoms with Crippen LogP contribution in [0.5, 0.6) is 5.75 Å². The van der Waals surface area contributed by atoms with E-state index in [1.54, 1.807) is 26.4 Å². The molecule has 0 spiro atoms. The number of ether oxygens (including phenoxy) is 2. The van der Waals surface area contributed by atoms with E-state index in [1.165, 1.54) is 0 Å². The Bertz CT molecular complexity index is 674. The molecular weight excluding hydrogens is 308 g/mol. The average molecular weight is 330 g/mol. The molecule has 1 aromatic heterocycles. The van der Waals surface area contributed by atoms with E-state index in [2.05, 4.69) is 20.8 Å². The molecule has 1 heterocycles. The van der Waals surface area contributed by atoms with E-state index in [9.17, 15) is 4.79 Å². The molecule has 24 heavy (non-hydrogen) atoms. The van der Waals surface area contributed by atoms with Crippen molar-refractivity contribution in [2.24, 2.45) is 0 Å². The summed E-state index contributed by atoms with van der Waals surface area (Å²) in [5.74, 6) is 0.996. The van der Waals surface area contributed by atoms with Gasteiger partial charge in [-0.1, -0.05) is 6.07 Å². The van der Waals surface area contributed by atoms with Crippen molar-refractivity contribution in [2.45, 2.75) is 13.3 Å². The van der Waals surface area contributed by atoms with E-state index in [0.29, 0.717) is 24.7 Å². The zero-order chi connectivity index (χ0) is 17.4. The molecule has 1 amide bonds. The standard InChI is InChI=1S/C17H22N4O3/c1-12-5-7-15(24-3)14(11-12)19-16-8-6-13(20-21-16)17(22)18-9-4-10-23-2/h5-8,11H,4,9-10H2,1-3H3,(H,18,22)(H,19,21). The molecule has 0 aliphatic rings. The molecule has 0 aliphatic carbocycles. The molecule has 128 valence electrons. The first kappa shape index (κ1) is 17.7. The van der Waals surface area contributed by atoms with Crippen LogP contribution in [-0.4, -0.2) is 43.5 Å². The molecule has 1 aromatic carbocycles. The van der Waals surface area contributed by atoms with Gasteiger partial charge >= 0.3 is 0 Å². The topological polar surface area (TPSA) is 85.4 Å². The van der Waals surface area contributed by atoms with Crippen molar-refractivity contribution in [3.05, 3.63) is 41.6 Å². The van der Waals surface area contributed by atoms with Crippen molar-refractivity contribution in [1.29, 1.82) is 0 Å². The van der Waals surface area contributed by atoms with E-state index in [4.69, 9.17) is 9.47 Å². The van der Waals surface area contributed by atoms with Crippen LogP contribution in [-0.2, 0) is 4.74 Å². The summed E-state index contributed by atoms with van der Waals surface area (Å²) in [6.45, 7) is 3.13. The summed E-state index contributed by atoms with van der Waals surface area (Å²) >= 11 is 0. The zero-order valence-electron chi connectivity index (χ0n) is 14.1. The molecule has 2 rings (SSSR count). The highest BCUT2D eigenvalue weighted by atomic mass is 16.5. The van der Waals surface area contributed by atoms with Crippen LogP contribution < -0.4 is 15.4 Å². The number of aryl methyl sites for hydroxylation is 1. The first-order valence-electron chi connectivity index (χ1n) is 7.66. The third-order valence-corrected chi connectivity index (χ3v) is 3.33. The van der Waals surface area contributed by atoms with Gasteiger partial charge in [0.1, 0.15) is 5.75 Å². The van der Waals surface area contributed by atoms with Crippen LogP contribution in [0.3, 0.4) is 0 Å². The monoisotopic (exact) mass is 330 g/mol. The summed E-state index contributed by atoms with van der Waals surface area (Å²) in [4.78, 5) is 11.9. The van der Waals surface area contributed by atoms with Crippen molar-refractivity contribution in [2.75, 3.05) is 32.7 Å². The van der Waals surface area contributed by atoms with Crippen LogP contribution in [0.15, 0.2) is 30.3 Å². The second-order valence-electron chi connectivity index (χ2n) is 5.23. The Hall–Kier alpha value is -2.67. The number of methoxy groups -OCH3 is 2. The second-order valence-corrected chi connectivity index (χ2v) is 5.23. The van der Waals surface area contributed by atoms with E-state index < -0.39 is 0 Å². The minimum atomic E-state index is -0.252. The molecule has 0 saturated heterocycles. The van der Waals surface area contributed by atoms with Crippen LogP contribution in [0.2, 0.25) is 0 Å². The number of nitrogens with zero attached hydrogens (tertiary/aromatic N) is 2. The van der Waals surface area contributed by atoms with E-state index >= 15 is 0 Å². The van der Waals surface area contributed by atoms with Crippen molar-refractivity contribution >= 4 is 17.4 Å². The van der Waals surface area contributed by atoms with Gasteiger partial charge in [0.05, 0.1) is 12.8 Å². The van der Waals surface area contributed by atoms with Crippen molar-refractivity contribution in [1.82, 2.24) is 15.5 Å². The zero-order valence-corrected chi connectivity index (χ0v) is 14.1. The summed E-state index contributed by atoms with van der Waals surface area (Å²) in [5.41, 5.74) is 2.16. The molecule has 7 heteroatoms. The van der Waals surface area contributed by atoms with Crippen molar-refractivity contribution in [3.8, 4) is 5.75 Å². The lowest BCUT2D eigenvalue weighted by Crippen LogP contribution is -2.26. The molecule has 7 nitrogen and oxygen atoms in total. The molecule has 0 unspecified atom stereocenters. The van der Waals surface area contributed by atoms with Gasteiger partial charge in [0.25, 0.3) is 5.91 Å². The number of rotatable bonds is 8. The highest BCUT2D eigenvalue weighted by molar-refractivity contribution is 5.92. The number of hydrogen-bond donors (Lipinski definition) is 2. The van der Waals surface area contributed by atoms with Gasteiger partial charge in [-0.2, -0.15) is 0 Å². The van der Waals surface area contributed by atoms with Gasteiger partial charge < -0.3 is 20.1 Å². The summed E-state index contributed by atoms with van der Waals surface area (Å²) in [6, 6.07) is 9.14. The van der Waals surface area contributed by atoms with Gasteiger partial charge in [-0.25, -0.2) is 0 Å². The largest absolute Gasteiger partial charge is 0.495 e. The second kappa shape index (κ2) is 8.83. The molecular formula is C17H22N4O3. The number of amides is 1. The lowest BCUT2D eigenvalue weighted by atomic mass is 10.2. The first-order chi connectivity index (χ1) is 11.6. The molecule has 0 saturated carbocycles. The fourth-order valence-corrected chi connectivity index (χ4v) is 2.09. The van der Waals surface area contributed by atoms with Crippen LogP contribution in [0.25, 0.3) is 0 Å². The number of hydrogen-bond acceptors (Lipinski definition) is 6. The average Bonchev–Trinajstić information content (AvgIpc) is 2.59. The lowest BCUT2D eigenvalue weighted by molar-refractivity contribution is 0.0942. The maximum atomic E-state index is 11.9. The minimum absolute atomic E-state index is 0.252. The summed E-state index contributed by atoms with van der Waals surface area (Å²) < 4.78 is 10.2. The Morgan fingerprint density at radius 1 is 1.17 bits per heavy atom. The van der Waals surface area contributed by atoms with Gasteiger partial charge in [-0.15, -0.1) is 10.2 Å². The molecule has 0 atom stereocenters. The molecule has 0 bridgehead atoms. The van der Waals surface area contributed by atoms with Gasteiger partial charge in [-0.05, 0) is 43.2 Å². The number of carbonyl (C=O) groups excluding carboxylic acids is 1. The first-order valence-corrected chi connectivity index (χ1v) is 7.66. The fraction of sp³-hybridized carbons (Fsp3) is 0.353. The predicted molar refractivity (Wildman–Crippen MR) is 91.9 cm³/mol. The van der Waals surface area contributed by atoms with E-state index in [0.717, 1.165) is 17.7 Å². The Labute approximate surface area is 141 Å². The Morgan fingerprint density at radius 3 is 2.67 bits per heavy atom. The number of nitrogens with one attached hydrogen (secondary N) is 2. The van der Waals surface area contributed by atoms with E-state index in [-0.39, 0.29) is 11.6 Å². The fourth-order valence-electron chi connectivity index (χ4n) is 2.09.